The van der Waals surface area contributed by atoms with E-state index in [0.717, 1.165) is 11.1 Å². The molecule has 0 aliphatic heterocycles. The monoisotopic (exact) mass is 288 g/mol. The van der Waals surface area contributed by atoms with Crippen LogP contribution in [0.3, 0.4) is 0 Å². The number of benzene rings is 1. The van der Waals surface area contributed by atoms with Gasteiger partial charge in [-0.3, -0.25) is 4.79 Å². The van der Waals surface area contributed by atoms with Gasteiger partial charge >= 0.3 is 0 Å². The molecule has 0 saturated heterocycles. The van der Waals surface area contributed by atoms with Crippen LogP contribution >= 0.6 is 11.6 Å². The van der Waals surface area contributed by atoms with E-state index in [9.17, 15) is 4.79 Å². The summed E-state index contributed by atoms with van der Waals surface area (Å²) in [5.41, 5.74) is 7.78. The van der Waals surface area contributed by atoms with E-state index in [-0.39, 0.29) is 16.9 Å². The zero-order valence-electron chi connectivity index (χ0n) is 10.9. The number of hydrogen-bond acceptors (Lipinski definition) is 3. The average Bonchev–Trinajstić information content (AvgIpc) is 2.86. The van der Waals surface area contributed by atoms with Crippen molar-refractivity contribution in [2.45, 2.75) is 6.92 Å². The molecule has 0 radical (unpaired) electrons. The van der Waals surface area contributed by atoms with E-state index in [1.807, 2.05) is 19.1 Å². The van der Waals surface area contributed by atoms with Crippen LogP contribution in [0.25, 0.3) is 0 Å². The minimum atomic E-state index is -0.346. The van der Waals surface area contributed by atoms with Crippen molar-refractivity contribution in [3.8, 4) is 11.8 Å². The second-order valence-corrected chi connectivity index (χ2v) is 4.47. The first-order chi connectivity index (χ1) is 9.60. The Morgan fingerprint density at radius 3 is 2.80 bits per heavy atom. The number of carbonyl (C=O) groups is 1. The highest BCUT2D eigenvalue weighted by Crippen LogP contribution is 2.19. The summed E-state index contributed by atoms with van der Waals surface area (Å²) < 4.78 is 5.05. The molecule has 1 aromatic carbocycles. The maximum Gasteiger partial charge on any atom is 0.291 e. The van der Waals surface area contributed by atoms with Crippen molar-refractivity contribution in [2.75, 3.05) is 11.9 Å². The second kappa shape index (κ2) is 6.29. The molecule has 102 valence electrons. The van der Waals surface area contributed by atoms with Crippen molar-refractivity contribution in [3.63, 3.8) is 0 Å². The van der Waals surface area contributed by atoms with Gasteiger partial charge in [0, 0.05) is 11.3 Å². The molecular weight excluding hydrogens is 276 g/mol. The fraction of sp³-hybridized carbons (Fsp3) is 0.133. The molecule has 0 spiro atoms. The third-order valence-corrected chi connectivity index (χ3v) is 2.81. The van der Waals surface area contributed by atoms with Crippen molar-refractivity contribution in [3.05, 3.63) is 52.4 Å². The van der Waals surface area contributed by atoms with Crippen LogP contribution < -0.4 is 11.1 Å². The molecule has 0 aliphatic carbocycles. The molecule has 1 aromatic heterocycles. The van der Waals surface area contributed by atoms with Crippen LogP contribution in [0.1, 0.15) is 21.7 Å². The van der Waals surface area contributed by atoms with Crippen LogP contribution in [-0.4, -0.2) is 12.5 Å². The molecule has 0 saturated carbocycles. The highest BCUT2D eigenvalue weighted by Gasteiger charge is 2.11. The molecule has 0 fully saturated rings. The lowest BCUT2D eigenvalue weighted by molar-refractivity contribution is 0.0996. The number of amides is 1. The Balaban J connectivity index is 2.16. The number of furan rings is 1. The first kappa shape index (κ1) is 14.2. The van der Waals surface area contributed by atoms with Crippen molar-refractivity contribution in [1.82, 2.24) is 0 Å². The number of rotatable bonds is 2. The van der Waals surface area contributed by atoms with Gasteiger partial charge in [-0.15, -0.1) is 0 Å². The molecule has 4 nitrogen and oxygen atoms in total. The summed E-state index contributed by atoms with van der Waals surface area (Å²) >= 11 is 5.64. The highest BCUT2D eigenvalue weighted by atomic mass is 35.5. The summed E-state index contributed by atoms with van der Waals surface area (Å²) in [4.78, 5) is 11.9. The Kier molecular flexibility index (Phi) is 4.46. The quantitative estimate of drug-likeness (QED) is 0.835. The first-order valence-corrected chi connectivity index (χ1v) is 6.34. The standard InChI is InChI=1S/C15H13ClN2O2/c1-10-9-11(3-2-8-17)4-5-12(10)18-15(19)13-6-7-14(16)20-13/h4-7,9H,8,17H2,1H3,(H,18,19). The Bertz CT molecular complexity index is 695. The Morgan fingerprint density at radius 2 is 2.20 bits per heavy atom. The number of anilines is 1. The van der Waals surface area contributed by atoms with Gasteiger partial charge in [0.25, 0.3) is 5.91 Å². The zero-order valence-corrected chi connectivity index (χ0v) is 11.6. The second-order valence-electron chi connectivity index (χ2n) is 4.09. The summed E-state index contributed by atoms with van der Waals surface area (Å²) in [7, 11) is 0. The highest BCUT2D eigenvalue weighted by molar-refractivity contribution is 6.29. The number of halogens is 1. The van der Waals surface area contributed by atoms with Gasteiger partial charge in [-0.05, 0) is 54.4 Å². The molecule has 2 aromatic rings. The van der Waals surface area contributed by atoms with E-state index < -0.39 is 0 Å². The molecule has 3 N–H and O–H groups in total. The molecule has 5 heteroatoms. The van der Waals surface area contributed by atoms with Crippen LogP contribution in [0, 0.1) is 18.8 Å². The van der Waals surface area contributed by atoms with Gasteiger partial charge in [0.05, 0.1) is 6.54 Å². The van der Waals surface area contributed by atoms with Crippen molar-refractivity contribution < 1.29 is 9.21 Å². The van der Waals surface area contributed by atoms with E-state index >= 15 is 0 Å². The summed E-state index contributed by atoms with van der Waals surface area (Å²) in [5, 5.41) is 2.94. The van der Waals surface area contributed by atoms with Gasteiger partial charge in [-0.25, -0.2) is 0 Å². The minimum Gasteiger partial charge on any atom is -0.440 e. The smallest absolute Gasteiger partial charge is 0.291 e. The molecule has 0 aliphatic rings. The lowest BCUT2D eigenvalue weighted by Crippen LogP contribution is -2.11. The molecular formula is C15H13ClN2O2. The van der Waals surface area contributed by atoms with E-state index in [1.54, 1.807) is 6.07 Å². The molecule has 0 unspecified atom stereocenters. The number of hydrogen-bond donors (Lipinski definition) is 2. The van der Waals surface area contributed by atoms with E-state index in [0.29, 0.717) is 12.2 Å². The van der Waals surface area contributed by atoms with Crippen molar-refractivity contribution >= 4 is 23.2 Å². The fourth-order valence-electron chi connectivity index (χ4n) is 1.66. The predicted octanol–water partition coefficient (Wildman–Crippen LogP) is 2.80. The number of carbonyl (C=O) groups excluding carboxylic acids is 1. The Labute approximate surface area is 121 Å². The zero-order chi connectivity index (χ0) is 14.5. The summed E-state index contributed by atoms with van der Waals surface area (Å²) in [6.45, 7) is 2.20. The molecule has 0 atom stereocenters. The van der Waals surface area contributed by atoms with Gasteiger partial charge in [0.15, 0.2) is 11.0 Å². The molecule has 1 heterocycles. The molecule has 2 rings (SSSR count). The maximum atomic E-state index is 11.9. The predicted molar refractivity (Wildman–Crippen MR) is 78.8 cm³/mol. The van der Waals surface area contributed by atoms with E-state index in [4.69, 9.17) is 21.8 Å². The SMILES string of the molecule is Cc1cc(C#CCN)ccc1NC(=O)c1ccc(Cl)o1. The lowest BCUT2D eigenvalue weighted by Gasteiger charge is -2.07. The van der Waals surface area contributed by atoms with Gasteiger partial charge in [-0.2, -0.15) is 0 Å². The van der Waals surface area contributed by atoms with Gasteiger partial charge in [0.1, 0.15) is 0 Å². The molecule has 20 heavy (non-hydrogen) atoms. The van der Waals surface area contributed by atoms with Crippen LogP contribution in [0.4, 0.5) is 5.69 Å². The van der Waals surface area contributed by atoms with Crippen LogP contribution in [0.2, 0.25) is 5.22 Å². The third kappa shape index (κ3) is 3.41. The summed E-state index contributed by atoms with van der Waals surface area (Å²) in [6, 6.07) is 8.54. The van der Waals surface area contributed by atoms with Crippen LogP contribution in [-0.2, 0) is 0 Å². The molecule has 1 amide bonds. The summed E-state index contributed by atoms with van der Waals surface area (Å²) in [6.07, 6.45) is 0. The maximum absolute atomic E-state index is 11.9. The van der Waals surface area contributed by atoms with Gasteiger partial charge < -0.3 is 15.5 Å². The van der Waals surface area contributed by atoms with E-state index in [1.165, 1.54) is 12.1 Å². The Hall–Kier alpha value is -2.22. The van der Waals surface area contributed by atoms with Crippen LogP contribution in [0.15, 0.2) is 34.7 Å². The van der Waals surface area contributed by atoms with E-state index in [2.05, 4.69) is 17.2 Å². The number of nitrogens with one attached hydrogen (secondary N) is 1. The van der Waals surface area contributed by atoms with Gasteiger partial charge in [0.2, 0.25) is 0 Å². The van der Waals surface area contributed by atoms with Gasteiger partial charge in [-0.1, -0.05) is 11.8 Å². The lowest BCUT2D eigenvalue weighted by atomic mass is 10.1. The summed E-state index contributed by atoms with van der Waals surface area (Å²) in [5.74, 6) is 5.54. The van der Waals surface area contributed by atoms with Crippen molar-refractivity contribution in [2.24, 2.45) is 5.73 Å². The van der Waals surface area contributed by atoms with Crippen molar-refractivity contribution in [1.29, 1.82) is 0 Å². The fourth-order valence-corrected chi connectivity index (χ4v) is 1.80. The topological polar surface area (TPSA) is 68.3 Å². The number of aryl methyl sites for hydroxylation is 1. The average molecular weight is 289 g/mol. The third-order valence-electron chi connectivity index (χ3n) is 2.61. The number of nitrogens with two attached hydrogens (primary N) is 1. The first-order valence-electron chi connectivity index (χ1n) is 5.96. The van der Waals surface area contributed by atoms with Crippen LogP contribution in [0.5, 0.6) is 0 Å². The molecule has 0 bridgehead atoms. The normalized spacial score (nSPS) is 9.75. The largest absolute Gasteiger partial charge is 0.440 e. The minimum absolute atomic E-state index is 0.168. The Morgan fingerprint density at radius 1 is 1.40 bits per heavy atom.